The molecule has 5 atom stereocenters. The van der Waals surface area contributed by atoms with Crippen molar-refractivity contribution < 1.29 is 42.5 Å². The number of carbonyl (C=O) groups is 3. The molecule has 0 aromatic heterocycles. The minimum atomic E-state index is -1.45. The summed E-state index contributed by atoms with van der Waals surface area (Å²) in [6.07, 6.45) is -6.97. The van der Waals surface area contributed by atoms with E-state index in [9.17, 15) is 18.8 Å². The van der Waals surface area contributed by atoms with Gasteiger partial charge >= 0.3 is 17.9 Å². The van der Waals surface area contributed by atoms with Crippen molar-refractivity contribution in [3.05, 3.63) is 108 Å². The molecule has 192 valence electrons. The zero-order valence-electron chi connectivity index (χ0n) is 19.9. The Hall–Kier alpha value is -4.08. The van der Waals surface area contributed by atoms with Crippen LogP contribution in [-0.2, 0) is 23.7 Å². The SMILES string of the molecule is CO[C@H]1O[C@H](CF)[C@@H](OC(=O)c2ccccc2)[C@H](OC(=O)c2ccccc2)[C@@H]1OC(=O)c1ccccc1. The third kappa shape index (κ3) is 6.19. The van der Waals surface area contributed by atoms with Crippen LogP contribution in [0.2, 0.25) is 0 Å². The average molecular weight is 508 g/mol. The summed E-state index contributed by atoms with van der Waals surface area (Å²) in [6.45, 7) is -1.09. The molecule has 37 heavy (non-hydrogen) atoms. The van der Waals surface area contributed by atoms with Gasteiger partial charge in [-0.25, -0.2) is 18.8 Å². The van der Waals surface area contributed by atoms with Crippen LogP contribution in [0.25, 0.3) is 0 Å². The van der Waals surface area contributed by atoms with Crippen LogP contribution in [0.3, 0.4) is 0 Å². The second-order valence-electron chi connectivity index (χ2n) is 8.14. The van der Waals surface area contributed by atoms with E-state index in [2.05, 4.69) is 0 Å². The Morgan fingerprint density at radius 3 is 1.41 bits per heavy atom. The van der Waals surface area contributed by atoms with Crippen LogP contribution in [-0.4, -0.2) is 62.4 Å². The normalized spacial score (nSPS) is 23.0. The number of benzene rings is 3. The van der Waals surface area contributed by atoms with E-state index in [1.54, 1.807) is 54.6 Å². The van der Waals surface area contributed by atoms with Gasteiger partial charge in [0.05, 0.1) is 16.7 Å². The lowest BCUT2D eigenvalue weighted by molar-refractivity contribution is -0.289. The van der Waals surface area contributed by atoms with E-state index in [1.807, 2.05) is 0 Å². The van der Waals surface area contributed by atoms with E-state index in [1.165, 1.54) is 43.5 Å². The largest absolute Gasteiger partial charge is 0.452 e. The maximum atomic E-state index is 14.2. The van der Waals surface area contributed by atoms with Gasteiger partial charge in [-0.05, 0) is 36.4 Å². The Bertz CT molecular complexity index is 1120. The molecule has 4 rings (SSSR count). The summed E-state index contributed by atoms with van der Waals surface area (Å²) in [5, 5.41) is 0. The second-order valence-corrected chi connectivity index (χ2v) is 8.14. The standard InChI is InChI=1S/C28H25FO8/c1-33-28-24(37-27(32)20-15-9-4-10-16-20)23(36-26(31)19-13-7-3-8-14-19)22(21(17-29)34-28)35-25(30)18-11-5-2-6-12-18/h2-16,21-24,28H,17H2,1H3/t21-,22-,23+,24+,28+/m1/s1. The molecule has 0 saturated carbocycles. The molecule has 0 amide bonds. The maximum absolute atomic E-state index is 14.2. The minimum absolute atomic E-state index is 0.194. The Labute approximate surface area is 212 Å². The molecular weight excluding hydrogens is 483 g/mol. The molecule has 1 aliphatic heterocycles. The molecular formula is C28H25FO8. The lowest BCUT2D eigenvalue weighted by Gasteiger charge is -2.43. The number of hydrogen-bond donors (Lipinski definition) is 0. The van der Waals surface area contributed by atoms with Gasteiger partial charge in [-0.2, -0.15) is 0 Å². The Balaban J connectivity index is 1.69. The van der Waals surface area contributed by atoms with Crippen LogP contribution in [0, 0.1) is 0 Å². The van der Waals surface area contributed by atoms with Gasteiger partial charge in [0.2, 0.25) is 0 Å². The molecule has 9 heteroatoms. The average Bonchev–Trinajstić information content (AvgIpc) is 2.95. The zero-order valence-corrected chi connectivity index (χ0v) is 19.9. The van der Waals surface area contributed by atoms with Crippen LogP contribution in [0.4, 0.5) is 4.39 Å². The quantitative estimate of drug-likeness (QED) is 0.333. The van der Waals surface area contributed by atoms with Crippen molar-refractivity contribution in [2.24, 2.45) is 0 Å². The molecule has 0 unspecified atom stereocenters. The first-order valence-corrected chi connectivity index (χ1v) is 11.5. The van der Waals surface area contributed by atoms with Crippen molar-refractivity contribution in [3.8, 4) is 0 Å². The van der Waals surface area contributed by atoms with Gasteiger partial charge in [0, 0.05) is 7.11 Å². The number of halogens is 1. The van der Waals surface area contributed by atoms with Crippen LogP contribution < -0.4 is 0 Å². The molecule has 0 spiro atoms. The summed E-state index contributed by atoms with van der Waals surface area (Å²) in [5.41, 5.74) is 0.608. The monoisotopic (exact) mass is 508 g/mol. The summed E-state index contributed by atoms with van der Waals surface area (Å²) < 4.78 is 42.1. The van der Waals surface area contributed by atoms with Gasteiger partial charge in [-0.15, -0.1) is 0 Å². The number of hydrogen-bond acceptors (Lipinski definition) is 8. The van der Waals surface area contributed by atoms with Crippen LogP contribution in [0.1, 0.15) is 31.1 Å². The highest BCUT2D eigenvalue weighted by Crippen LogP contribution is 2.31. The summed E-state index contributed by atoms with van der Waals surface area (Å²) in [5.74, 6) is -2.34. The molecule has 1 saturated heterocycles. The number of rotatable bonds is 8. The third-order valence-electron chi connectivity index (χ3n) is 5.73. The topological polar surface area (TPSA) is 97.4 Å². The van der Waals surface area contributed by atoms with Gasteiger partial charge in [-0.1, -0.05) is 54.6 Å². The van der Waals surface area contributed by atoms with E-state index >= 15 is 0 Å². The summed E-state index contributed by atoms with van der Waals surface area (Å²) >= 11 is 0. The van der Waals surface area contributed by atoms with Gasteiger partial charge in [0.25, 0.3) is 0 Å². The first-order valence-electron chi connectivity index (χ1n) is 11.5. The van der Waals surface area contributed by atoms with Gasteiger partial charge in [-0.3, -0.25) is 0 Å². The molecule has 3 aromatic rings. The highest BCUT2D eigenvalue weighted by atomic mass is 19.1. The summed E-state index contributed by atoms with van der Waals surface area (Å²) in [4.78, 5) is 38.8. The number of ether oxygens (including phenoxy) is 5. The number of alkyl halides is 1. The Morgan fingerprint density at radius 2 is 1.03 bits per heavy atom. The lowest BCUT2D eigenvalue weighted by Crippen LogP contribution is -2.62. The van der Waals surface area contributed by atoms with Gasteiger partial charge in [0.15, 0.2) is 24.6 Å². The van der Waals surface area contributed by atoms with Gasteiger partial charge < -0.3 is 23.7 Å². The molecule has 8 nitrogen and oxygen atoms in total. The number of methoxy groups -OCH3 is 1. The van der Waals surface area contributed by atoms with Crippen molar-refractivity contribution in [2.75, 3.05) is 13.8 Å². The first-order chi connectivity index (χ1) is 18.0. The molecule has 0 radical (unpaired) electrons. The van der Waals surface area contributed by atoms with E-state index < -0.39 is 55.3 Å². The molecule has 1 heterocycles. The van der Waals surface area contributed by atoms with Crippen LogP contribution in [0.5, 0.6) is 0 Å². The molecule has 0 N–H and O–H groups in total. The fourth-order valence-electron chi connectivity index (χ4n) is 3.89. The van der Waals surface area contributed by atoms with Crippen molar-refractivity contribution in [1.29, 1.82) is 0 Å². The predicted molar refractivity (Wildman–Crippen MR) is 129 cm³/mol. The maximum Gasteiger partial charge on any atom is 0.338 e. The molecule has 0 bridgehead atoms. The zero-order chi connectivity index (χ0) is 26.2. The van der Waals surface area contributed by atoms with Crippen molar-refractivity contribution in [2.45, 2.75) is 30.7 Å². The molecule has 3 aromatic carbocycles. The van der Waals surface area contributed by atoms with Crippen molar-refractivity contribution in [3.63, 3.8) is 0 Å². The first kappa shape index (κ1) is 26.0. The highest BCUT2D eigenvalue weighted by molar-refractivity contribution is 5.91. The third-order valence-corrected chi connectivity index (χ3v) is 5.73. The van der Waals surface area contributed by atoms with Crippen LogP contribution in [0.15, 0.2) is 91.0 Å². The van der Waals surface area contributed by atoms with Crippen LogP contribution >= 0.6 is 0 Å². The summed E-state index contributed by atoms with van der Waals surface area (Å²) in [6, 6.07) is 24.2. The van der Waals surface area contributed by atoms with E-state index in [4.69, 9.17) is 23.7 Å². The predicted octanol–water partition coefficient (Wildman–Crippen LogP) is 4.00. The van der Waals surface area contributed by atoms with Crippen molar-refractivity contribution in [1.82, 2.24) is 0 Å². The van der Waals surface area contributed by atoms with E-state index in [-0.39, 0.29) is 16.7 Å². The van der Waals surface area contributed by atoms with Gasteiger partial charge in [0.1, 0.15) is 12.8 Å². The van der Waals surface area contributed by atoms with E-state index in [0.29, 0.717) is 0 Å². The smallest absolute Gasteiger partial charge is 0.338 e. The minimum Gasteiger partial charge on any atom is -0.452 e. The lowest BCUT2D eigenvalue weighted by atomic mass is 9.98. The molecule has 0 aliphatic carbocycles. The summed E-state index contributed by atoms with van der Waals surface area (Å²) in [7, 11) is 1.27. The van der Waals surface area contributed by atoms with E-state index in [0.717, 1.165) is 0 Å². The Morgan fingerprint density at radius 1 is 0.649 bits per heavy atom. The number of esters is 3. The second kappa shape index (κ2) is 12.2. The Kier molecular flexibility index (Phi) is 8.60. The number of carbonyl (C=O) groups excluding carboxylic acids is 3. The highest BCUT2D eigenvalue weighted by Gasteiger charge is 2.53. The molecule has 1 aliphatic rings. The van der Waals surface area contributed by atoms with Crippen molar-refractivity contribution >= 4 is 17.9 Å². The fourth-order valence-corrected chi connectivity index (χ4v) is 3.89. The molecule has 1 fully saturated rings. The fraction of sp³-hybridized carbons (Fsp3) is 0.250.